The van der Waals surface area contributed by atoms with Gasteiger partial charge in [-0.2, -0.15) is 5.10 Å². The molecule has 1 aliphatic heterocycles. The summed E-state index contributed by atoms with van der Waals surface area (Å²) in [5, 5.41) is 5.73. The van der Waals surface area contributed by atoms with Crippen LogP contribution < -0.4 is 4.90 Å². The quantitative estimate of drug-likeness (QED) is 0.555. The highest BCUT2D eigenvalue weighted by Crippen LogP contribution is 2.32. The molecule has 0 radical (unpaired) electrons. The van der Waals surface area contributed by atoms with Gasteiger partial charge in [0.2, 0.25) is 0 Å². The first kappa shape index (κ1) is 21.8. The molecule has 6 nitrogen and oxygen atoms in total. The molecule has 8 heteroatoms. The maximum absolute atomic E-state index is 6.38. The lowest BCUT2D eigenvalue weighted by Gasteiger charge is -2.36. The van der Waals surface area contributed by atoms with Crippen molar-refractivity contribution in [1.82, 2.24) is 24.6 Å². The smallest absolute Gasteiger partial charge is 0.251 e. The van der Waals surface area contributed by atoms with Crippen molar-refractivity contribution in [2.75, 3.05) is 37.6 Å². The van der Waals surface area contributed by atoms with Gasteiger partial charge in [-0.3, -0.25) is 4.90 Å². The summed E-state index contributed by atoms with van der Waals surface area (Å²) in [6.07, 6.45) is 6.19. The molecule has 2 aromatic heterocycles. The Balaban J connectivity index is 1.36. The lowest BCUT2D eigenvalue weighted by atomic mass is 10.2. The maximum atomic E-state index is 6.38. The van der Waals surface area contributed by atoms with E-state index in [4.69, 9.17) is 23.2 Å². The fourth-order valence-corrected chi connectivity index (χ4v) is 4.24. The maximum Gasteiger partial charge on any atom is 0.251 e. The molecule has 162 valence electrons. The Labute approximate surface area is 193 Å². The second-order valence-electron chi connectivity index (χ2n) is 7.81. The van der Waals surface area contributed by atoms with E-state index < -0.39 is 0 Å². The second kappa shape index (κ2) is 9.39. The van der Waals surface area contributed by atoms with Gasteiger partial charge in [-0.05, 0) is 39.0 Å². The molecule has 3 heterocycles. The summed E-state index contributed by atoms with van der Waals surface area (Å²) in [5.41, 5.74) is 5.00. The summed E-state index contributed by atoms with van der Waals surface area (Å²) in [7, 11) is 0. The number of nitrogens with zero attached hydrogens (tertiary/aromatic N) is 6. The fraction of sp³-hybridized carbons (Fsp3) is 0.348. The summed E-state index contributed by atoms with van der Waals surface area (Å²) in [6.45, 7) is 10.7. The number of piperazine rings is 1. The monoisotopic (exact) mass is 456 g/mol. The number of hydrogen-bond acceptors (Lipinski definition) is 5. The molecule has 1 aliphatic rings. The minimum absolute atomic E-state index is 0.603. The third kappa shape index (κ3) is 4.92. The van der Waals surface area contributed by atoms with Crippen molar-refractivity contribution in [2.45, 2.75) is 20.8 Å². The first-order valence-corrected chi connectivity index (χ1v) is 11.1. The number of benzene rings is 1. The molecule has 0 unspecified atom stereocenters. The number of rotatable bonds is 5. The Morgan fingerprint density at radius 3 is 2.42 bits per heavy atom. The average Bonchev–Trinajstić information content (AvgIpc) is 3.10. The third-order valence-electron chi connectivity index (χ3n) is 5.51. The van der Waals surface area contributed by atoms with E-state index in [9.17, 15) is 0 Å². The van der Waals surface area contributed by atoms with Crippen LogP contribution in [0.5, 0.6) is 0 Å². The van der Waals surface area contributed by atoms with Gasteiger partial charge in [0.15, 0.2) is 0 Å². The van der Waals surface area contributed by atoms with E-state index in [-0.39, 0.29) is 0 Å². The van der Waals surface area contributed by atoms with Crippen molar-refractivity contribution in [3.8, 4) is 5.95 Å². The van der Waals surface area contributed by atoms with E-state index in [0.717, 1.165) is 61.1 Å². The molecule has 0 amide bonds. The van der Waals surface area contributed by atoms with Gasteiger partial charge in [-0.15, -0.1) is 0 Å². The van der Waals surface area contributed by atoms with Gasteiger partial charge < -0.3 is 4.90 Å². The predicted octanol–water partition coefficient (Wildman–Crippen LogP) is 4.73. The average molecular weight is 457 g/mol. The lowest BCUT2D eigenvalue weighted by molar-refractivity contribution is 0.284. The van der Waals surface area contributed by atoms with Crippen LogP contribution in [0.15, 0.2) is 36.5 Å². The zero-order valence-corrected chi connectivity index (χ0v) is 19.5. The van der Waals surface area contributed by atoms with Crippen molar-refractivity contribution >= 4 is 35.0 Å². The first-order chi connectivity index (χ1) is 14.9. The van der Waals surface area contributed by atoms with Crippen molar-refractivity contribution in [1.29, 1.82) is 0 Å². The molecule has 0 N–H and O–H groups in total. The van der Waals surface area contributed by atoms with Crippen LogP contribution in [0.4, 0.5) is 5.69 Å². The Hall–Kier alpha value is -2.41. The minimum atomic E-state index is 0.603. The molecule has 1 fully saturated rings. The first-order valence-electron chi connectivity index (χ1n) is 10.4. The van der Waals surface area contributed by atoms with E-state index >= 15 is 0 Å². The van der Waals surface area contributed by atoms with Crippen LogP contribution >= 0.6 is 23.2 Å². The Kier molecular flexibility index (Phi) is 6.60. The van der Waals surface area contributed by atoms with E-state index in [1.165, 1.54) is 0 Å². The zero-order valence-electron chi connectivity index (χ0n) is 18.0. The Morgan fingerprint density at radius 1 is 1.00 bits per heavy atom. The number of aromatic nitrogens is 4. The van der Waals surface area contributed by atoms with Gasteiger partial charge in [0.05, 0.1) is 27.6 Å². The highest BCUT2D eigenvalue weighted by molar-refractivity contribution is 6.43. The molecule has 0 aliphatic carbocycles. The molecule has 0 bridgehead atoms. The van der Waals surface area contributed by atoms with Crippen LogP contribution in [0.1, 0.15) is 22.6 Å². The molecule has 31 heavy (non-hydrogen) atoms. The van der Waals surface area contributed by atoms with Gasteiger partial charge >= 0.3 is 0 Å². The Bertz CT molecular complexity index is 1080. The SMILES string of the molecule is Cc1cc(C)nc(-n2ncc(C=CCN3CCN(c4cccc(Cl)c4Cl)CC3)c2C)n1. The summed E-state index contributed by atoms with van der Waals surface area (Å²) in [6, 6.07) is 7.77. The van der Waals surface area contributed by atoms with E-state index in [0.29, 0.717) is 16.0 Å². The molecular weight excluding hydrogens is 431 g/mol. The van der Waals surface area contributed by atoms with Gasteiger partial charge in [-0.25, -0.2) is 14.6 Å². The van der Waals surface area contributed by atoms with Gasteiger partial charge in [0, 0.05) is 49.7 Å². The summed E-state index contributed by atoms with van der Waals surface area (Å²) in [5.74, 6) is 0.616. The highest BCUT2D eigenvalue weighted by atomic mass is 35.5. The molecule has 0 spiro atoms. The molecule has 4 rings (SSSR count). The summed E-state index contributed by atoms with van der Waals surface area (Å²) in [4.78, 5) is 13.7. The van der Waals surface area contributed by atoms with Gasteiger partial charge in [-0.1, -0.05) is 41.4 Å². The van der Waals surface area contributed by atoms with Crippen molar-refractivity contribution < 1.29 is 0 Å². The molecule has 0 saturated carbocycles. The van der Waals surface area contributed by atoms with Crippen LogP contribution in [0.2, 0.25) is 10.0 Å². The topological polar surface area (TPSA) is 50.1 Å². The number of hydrogen-bond donors (Lipinski definition) is 0. The van der Waals surface area contributed by atoms with Crippen molar-refractivity contribution in [3.05, 3.63) is 69.2 Å². The minimum Gasteiger partial charge on any atom is -0.368 e. The van der Waals surface area contributed by atoms with Gasteiger partial charge in [0.1, 0.15) is 0 Å². The number of anilines is 1. The predicted molar refractivity (Wildman–Crippen MR) is 128 cm³/mol. The van der Waals surface area contributed by atoms with Crippen LogP contribution in [0.25, 0.3) is 12.0 Å². The van der Waals surface area contributed by atoms with Crippen molar-refractivity contribution in [2.24, 2.45) is 0 Å². The number of halogens is 2. The second-order valence-corrected chi connectivity index (χ2v) is 8.60. The number of aryl methyl sites for hydroxylation is 2. The molecule has 3 aromatic rings. The molecular formula is C23H26Cl2N6. The molecule has 1 aromatic carbocycles. The van der Waals surface area contributed by atoms with Crippen LogP contribution in [0.3, 0.4) is 0 Å². The lowest BCUT2D eigenvalue weighted by Crippen LogP contribution is -2.46. The molecule has 1 saturated heterocycles. The third-order valence-corrected chi connectivity index (χ3v) is 6.32. The highest BCUT2D eigenvalue weighted by Gasteiger charge is 2.19. The van der Waals surface area contributed by atoms with E-state index in [1.807, 2.05) is 51.2 Å². The normalized spacial score (nSPS) is 15.2. The van der Waals surface area contributed by atoms with Gasteiger partial charge in [0.25, 0.3) is 5.95 Å². The fourth-order valence-electron chi connectivity index (χ4n) is 3.83. The van der Waals surface area contributed by atoms with Crippen LogP contribution in [-0.4, -0.2) is 57.4 Å². The summed E-state index contributed by atoms with van der Waals surface area (Å²) >= 11 is 12.5. The largest absolute Gasteiger partial charge is 0.368 e. The zero-order chi connectivity index (χ0) is 22.0. The standard InChI is InChI=1S/C23H26Cl2N6/c1-16-14-17(2)28-23(27-16)31-18(3)19(15-26-31)6-5-9-29-10-12-30(13-11-29)21-8-4-7-20(24)22(21)25/h4-8,14-15H,9-13H2,1-3H3. The van der Waals surface area contributed by atoms with E-state index in [2.05, 4.69) is 37.0 Å². The van der Waals surface area contributed by atoms with Crippen molar-refractivity contribution in [3.63, 3.8) is 0 Å². The van der Waals surface area contributed by atoms with Crippen LogP contribution in [0, 0.1) is 20.8 Å². The summed E-state index contributed by atoms with van der Waals surface area (Å²) < 4.78 is 1.80. The molecule has 0 atom stereocenters. The van der Waals surface area contributed by atoms with E-state index in [1.54, 1.807) is 4.68 Å². The van der Waals surface area contributed by atoms with Crippen LogP contribution in [-0.2, 0) is 0 Å². The Morgan fingerprint density at radius 2 is 1.71 bits per heavy atom.